The predicted octanol–water partition coefficient (Wildman–Crippen LogP) is 0.0210. The number of rotatable bonds is 6. The van der Waals surface area contributed by atoms with Gasteiger partial charge in [-0.1, -0.05) is 0 Å². The van der Waals surface area contributed by atoms with Gasteiger partial charge in [0.15, 0.2) is 0 Å². The fourth-order valence-corrected chi connectivity index (χ4v) is 1.45. The maximum atomic E-state index is 11.2. The maximum Gasteiger partial charge on any atom is 0.239 e. The molecule has 0 saturated heterocycles. The summed E-state index contributed by atoms with van der Waals surface area (Å²) in [6, 6.07) is 0. The van der Waals surface area contributed by atoms with E-state index in [2.05, 4.69) is 20.0 Å². The summed E-state index contributed by atoms with van der Waals surface area (Å²) >= 11 is 1.24. The lowest BCUT2D eigenvalue weighted by molar-refractivity contribution is -0.119. The van der Waals surface area contributed by atoms with E-state index in [1.54, 1.807) is 14.0 Å². The minimum atomic E-state index is -0.0834. The molecule has 1 heterocycles. The van der Waals surface area contributed by atoms with Crippen LogP contribution < -0.4 is 10.6 Å². The summed E-state index contributed by atoms with van der Waals surface area (Å²) in [7, 11) is 1.59. The van der Waals surface area contributed by atoms with Crippen molar-refractivity contribution in [3.05, 3.63) is 5.82 Å². The summed E-state index contributed by atoms with van der Waals surface area (Å²) in [5.41, 5.74) is 0. The van der Waals surface area contributed by atoms with E-state index >= 15 is 0 Å². The standard InChI is InChI=1S/C8H14N4O2S/c1-6-11-8(15-12-6)10-5-7(13)9-3-4-14-2/h3-5H2,1-2H3,(H,9,13)(H,10,11,12). The van der Waals surface area contributed by atoms with Gasteiger partial charge in [0.2, 0.25) is 11.0 Å². The van der Waals surface area contributed by atoms with Crippen molar-refractivity contribution in [3.8, 4) is 0 Å². The Morgan fingerprint density at radius 3 is 3.00 bits per heavy atom. The zero-order valence-corrected chi connectivity index (χ0v) is 9.56. The van der Waals surface area contributed by atoms with Crippen LogP contribution in [0.3, 0.4) is 0 Å². The molecule has 1 aromatic heterocycles. The van der Waals surface area contributed by atoms with Gasteiger partial charge in [-0.3, -0.25) is 4.79 Å². The van der Waals surface area contributed by atoms with Crippen LogP contribution in [0, 0.1) is 6.92 Å². The molecule has 0 aromatic carbocycles. The molecular weight excluding hydrogens is 216 g/mol. The Morgan fingerprint density at radius 2 is 2.40 bits per heavy atom. The molecule has 0 aliphatic carbocycles. The van der Waals surface area contributed by atoms with Crippen LogP contribution in [0.2, 0.25) is 0 Å². The molecule has 0 atom stereocenters. The molecule has 0 radical (unpaired) electrons. The van der Waals surface area contributed by atoms with Crippen LogP contribution in [-0.2, 0) is 9.53 Å². The van der Waals surface area contributed by atoms with Gasteiger partial charge in [-0.05, 0) is 6.92 Å². The Morgan fingerprint density at radius 1 is 1.60 bits per heavy atom. The summed E-state index contributed by atoms with van der Waals surface area (Å²) in [5.74, 6) is 0.627. The van der Waals surface area contributed by atoms with Crippen molar-refractivity contribution >= 4 is 22.6 Å². The lowest BCUT2D eigenvalue weighted by Gasteiger charge is -2.04. The lowest BCUT2D eigenvalue weighted by Crippen LogP contribution is -2.32. The molecule has 0 fully saturated rings. The number of carbonyl (C=O) groups is 1. The SMILES string of the molecule is COCCNC(=O)CNc1nc(C)ns1. The highest BCUT2D eigenvalue weighted by Crippen LogP contribution is 2.08. The van der Waals surface area contributed by atoms with E-state index < -0.39 is 0 Å². The number of anilines is 1. The summed E-state index contributed by atoms with van der Waals surface area (Å²) in [6.07, 6.45) is 0. The number of carbonyl (C=O) groups excluding carboxylic acids is 1. The van der Waals surface area contributed by atoms with Crippen molar-refractivity contribution in [2.45, 2.75) is 6.92 Å². The monoisotopic (exact) mass is 230 g/mol. The van der Waals surface area contributed by atoms with Crippen LogP contribution in [-0.4, -0.2) is 42.1 Å². The number of amides is 1. The van der Waals surface area contributed by atoms with E-state index in [-0.39, 0.29) is 12.5 Å². The second-order valence-electron chi connectivity index (χ2n) is 2.84. The molecule has 0 aliphatic heterocycles. The molecule has 84 valence electrons. The van der Waals surface area contributed by atoms with Gasteiger partial charge in [-0.2, -0.15) is 4.37 Å². The highest BCUT2D eigenvalue weighted by molar-refractivity contribution is 7.09. The molecule has 0 aliphatic rings. The number of nitrogens with one attached hydrogen (secondary N) is 2. The fourth-order valence-electron chi connectivity index (χ4n) is 0.880. The first-order valence-electron chi connectivity index (χ1n) is 4.52. The quantitative estimate of drug-likeness (QED) is 0.674. The molecule has 1 aromatic rings. The van der Waals surface area contributed by atoms with E-state index in [9.17, 15) is 4.79 Å². The van der Waals surface area contributed by atoms with Gasteiger partial charge in [0.25, 0.3) is 0 Å². The third-order valence-electron chi connectivity index (χ3n) is 1.56. The van der Waals surface area contributed by atoms with Gasteiger partial charge >= 0.3 is 0 Å². The van der Waals surface area contributed by atoms with Crippen molar-refractivity contribution < 1.29 is 9.53 Å². The van der Waals surface area contributed by atoms with Gasteiger partial charge in [0, 0.05) is 25.2 Å². The van der Waals surface area contributed by atoms with Gasteiger partial charge < -0.3 is 15.4 Å². The maximum absolute atomic E-state index is 11.2. The lowest BCUT2D eigenvalue weighted by atomic mass is 10.5. The van der Waals surface area contributed by atoms with Crippen LogP contribution >= 0.6 is 11.5 Å². The Hall–Kier alpha value is -1.21. The highest BCUT2D eigenvalue weighted by Gasteiger charge is 2.03. The molecule has 0 unspecified atom stereocenters. The van der Waals surface area contributed by atoms with Crippen molar-refractivity contribution in [1.82, 2.24) is 14.7 Å². The molecule has 6 nitrogen and oxygen atoms in total. The largest absolute Gasteiger partial charge is 0.383 e. The summed E-state index contributed by atoms with van der Waals surface area (Å²) < 4.78 is 8.79. The second kappa shape index (κ2) is 6.31. The zero-order valence-electron chi connectivity index (χ0n) is 8.74. The number of aryl methyl sites for hydroxylation is 1. The second-order valence-corrected chi connectivity index (χ2v) is 3.59. The number of ether oxygens (including phenoxy) is 1. The van der Waals surface area contributed by atoms with Gasteiger partial charge in [-0.15, -0.1) is 0 Å². The molecule has 1 amide bonds. The molecule has 2 N–H and O–H groups in total. The fraction of sp³-hybridized carbons (Fsp3) is 0.625. The zero-order chi connectivity index (χ0) is 11.1. The number of hydrogen-bond acceptors (Lipinski definition) is 6. The Balaban J connectivity index is 2.16. The number of aromatic nitrogens is 2. The van der Waals surface area contributed by atoms with Crippen LogP contribution in [0.5, 0.6) is 0 Å². The summed E-state index contributed by atoms with van der Waals surface area (Å²) in [4.78, 5) is 15.3. The Kier molecular flexibility index (Phi) is 4.99. The highest BCUT2D eigenvalue weighted by atomic mass is 32.1. The average Bonchev–Trinajstić information content (AvgIpc) is 2.62. The van der Waals surface area contributed by atoms with Crippen LogP contribution in [0.25, 0.3) is 0 Å². The Bertz CT molecular complexity index is 315. The van der Waals surface area contributed by atoms with Gasteiger partial charge in [-0.25, -0.2) is 4.98 Å². The van der Waals surface area contributed by atoms with E-state index in [0.29, 0.717) is 24.1 Å². The average molecular weight is 230 g/mol. The molecule has 0 bridgehead atoms. The van der Waals surface area contributed by atoms with E-state index in [0.717, 1.165) is 0 Å². The van der Waals surface area contributed by atoms with Crippen LogP contribution in [0.1, 0.15) is 5.82 Å². The number of methoxy groups -OCH3 is 1. The van der Waals surface area contributed by atoms with E-state index in [1.807, 2.05) is 0 Å². The summed E-state index contributed by atoms with van der Waals surface area (Å²) in [5, 5.41) is 6.24. The molecule has 0 saturated carbocycles. The van der Waals surface area contributed by atoms with Crippen molar-refractivity contribution in [2.75, 3.05) is 32.1 Å². The van der Waals surface area contributed by atoms with E-state index in [4.69, 9.17) is 4.74 Å². The molecule has 15 heavy (non-hydrogen) atoms. The first-order valence-corrected chi connectivity index (χ1v) is 5.29. The molecule has 0 spiro atoms. The molecule has 7 heteroatoms. The number of hydrogen-bond donors (Lipinski definition) is 2. The third kappa shape index (κ3) is 4.71. The smallest absolute Gasteiger partial charge is 0.239 e. The normalized spacial score (nSPS) is 10.0. The predicted molar refractivity (Wildman–Crippen MR) is 58.0 cm³/mol. The Labute approximate surface area is 92.2 Å². The topological polar surface area (TPSA) is 76.1 Å². The van der Waals surface area contributed by atoms with Crippen molar-refractivity contribution in [2.24, 2.45) is 0 Å². The molecule has 1 rings (SSSR count). The minimum Gasteiger partial charge on any atom is -0.383 e. The first kappa shape index (κ1) is 11.9. The van der Waals surface area contributed by atoms with Crippen molar-refractivity contribution in [3.63, 3.8) is 0 Å². The minimum absolute atomic E-state index is 0.0834. The number of nitrogens with zero attached hydrogens (tertiary/aromatic N) is 2. The third-order valence-corrected chi connectivity index (χ3v) is 2.32. The van der Waals surface area contributed by atoms with Gasteiger partial charge in [0.05, 0.1) is 13.2 Å². The van der Waals surface area contributed by atoms with Crippen molar-refractivity contribution in [1.29, 1.82) is 0 Å². The first-order chi connectivity index (χ1) is 7.22. The summed E-state index contributed by atoms with van der Waals surface area (Å²) in [6.45, 7) is 3.05. The van der Waals surface area contributed by atoms with Crippen LogP contribution in [0.15, 0.2) is 0 Å². The molecular formula is C8H14N4O2S. The van der Waals surface area contributed by atoms with Gasteiger partial charge in [0.1, 0.15) is 5.82 Å². The van der Waals surface area contributed by atoms with E-state index in [1.165, 1.54) is 11.5 Å². The van der Waals surface area contributed by atoms with Crippen LogP contribution in [0.4, 0.5) is 5.13 Å².